The summed E-state index contributed by atoms with van der Waals surface area (Å²) in [5.74, 6) is 0.468. The van der Waals surface area contributed by atoms with Gasteiger partial charge >= 0.3 is 11.7 Å². The first kappa shape index (κ1) is 55.3. The number of hydrogen-bond donors (Lipinski definition) is 1. The summed E-state index contributed by atoms with van der Waals surface area (Å²) < 4.78 is 21.2. The third-order valence-electron chi connectivity index (χ3n) is 10.4. The number of phenols is 1. The first-order chi connectivity index (χ1) is 32.2. The molecule has 0 radical (unpaired) electrons. The van der Waals surface area contributed by atoms with Crippen LogP contribution in [-0.4, -0.2) is 35.4 Å². The van der Waals surface area contributed by atoms with Gasteiger partial charge in [-0.3, -0.25) is 9.59 Å². The number of benzene rings is 2. The summed E-state index contributed by atoms with van der Waals surface area (Å²) in [6, 6.07) is 19.2. The Morgan fingerprint density at radius 2 is 1.19 bits per heavy atom. The zero-order valence-electron chi connectivity index (χ0n) is 39.5. The molecule has 67 heavy (non-hydrogen) atoms. The van der Waals surface area contributed by atoms with Crippen molar-refractivity contribution in [3.63, 3.8) is 0 Å². The molecule has 0 unspecified atom stereocenters. The SMILES string of the molecule is C1CCCCC1.CCCCCOC=O.[C-]#[N+]/C(C#N)=C1\OC(C)(C)C(/C=C/c2ccc(OC(=O)CCCCC)cc2)=C1C#N.[C-]#[N+]C1=C(/C=C/c2ccc(O)cc2)C(C)(C)O/C1=C(\C#N)[N+]#[C-]. The summed E-state index contributed by atoms with van der Waals surface area (Å²) in [5.41, 5.74) is 1.11. The smallest absolute Gasteiger partial charge is 0.311 e. The lowest BCUT2D eigenvalue weighted by Gasteiger charge is -2.22. The molecule has 348 valence electrons. The normalized spacial score (nSPS) is 16.7. The van der Waals surface area contributed by atoms with Crippen LogP contribution in [0.15, 0.2) is 106 Å². The molecule has 0 saturated heterocycles. The van der Waals surface area contributed by atoms with Gasteiger partial charge in [-0.05, 0) is 75.9 Å². The van der Waals surface area contributed by atoms with Crippen LogP contribution < -0.4 is 4.74 Å². The molecule has 13 heteroatoms. The highest BCUT2D eigenvalue weighted by molar-refractivity contribution is 5.72. The molecule has 1 fully saturated rings. The van der Waals surface area contributed by atoms with Crippen LogP contribution in [0.3, 0.4) is 0 Å². The highest BCUT2D eigenvalue weighted by Crippen LogP contribution is 2.42. The Balaban J connectivity index is 0.000000363. The van der Waals surface area contributed by atoms with E-state index in [1.165, 1.54) is 44.9 Å². The predicted molar refractivity (Wildman–Crippen MR) is 257 cm³/mol. The van der Waals surface area contributed by atoms with Gasteiger partial charge in [0.05, 0.1) is 44.0 Å². The largest absolute Gasteiger partial charge is 0.508 e. The molecule has 0 aromatic heterocycles. The zero-order valence-corrected chi connectivity index (χ0v) is 39.5. The molecule has 0 spiro atoms. The van der Waals surface area contributed by atoms with Gasteiger partial charge in [0.2, 0.25) is 5.70 Å². The van der Waals surface area contributed by atoms with Gasteiger partial charge in [-0.2, -0.15) is 5.26 Å². The molecular formula is C54H60N6O7. The van der Waals surface area contributed by atoms with Crippen molar-refractivity contribution in [2.75, 3.05) is 6.61 Å². The maximum Gasteiger partial charge on any atom is 0.311 e. The Labute approximate surface area is 396 Å². The van der Waals surface area contributed by atoms with Crippen LogP contribution in [0.2, 0.25) is 0 Å². The fourth-order valence-corrected chi connectivity index (χ4v) is 6.75. The molecule has 1 aliphatic carbocycles. The minimum absolute atomic E-state index is 0.0185. The first-order valence-electron chi connectivity index (χ1n) is 22.4. The van der Waals surface area contributed by atoms with E-state index in [0.717, 1.165) is 43.2 Å². The van der Waals surface area contributed by atoms with Crippen molar-refractivity contribution in [2.45, 2.75) is 136 Å². The Kier molecular flexibility index (Phi) is 24.4. The Morgan fingerprint density at radius 3 is 1.67 bits per heavy atom. The number of aromatic hydroxyl groups is 1. The van der Waals surface area contributed by atoms with Gasteiger partial charge in [0.15, 0.2) is 5.76 Å². The van der Waals surface area contributed by atoms with Crippen LogP contribution in [0.5, 0.6) is 11.5 Å². The molecule has 1 saturated carbocycles. The molecular weight excluding hydrogens is 845 g/mol. The molecule has 2 heterocycles. The number of ether oxygens (including phenoxy) is 4. The van der Waals surface area contributed by atoms with Gasteiger partial charge in [-0.15, -0.1) is 0 Å². The number of allylic oxidation sites excluding steroid dienone is 3. The zero-order chi connectivity index (χ0) is 49.7. The van der Waals surface area contributed by atoms with Crippen molar-refractivity contribution < 1.29 is 33.6 Å². The highest BCUT2D eigenvalue weighted by Gasteiger charge is 2.39. The lowest BCUT2D eigenvalue weighted by Crippen LogP contribution is -2.20. The summed E-state index contributed by atoms with van der Waals surface area (Å²) in [5, 5.41) is 37.0. The summed E-state index contributed by atoms with van der Waals surface area (Å²) in [6.45, 7) is 33.9. The van der Waals surface area contributed by atoms with Gasteiger partial charge in [0, 0.05) is 17.6 Å². The third kappa shape index (κ3) is 18.3. The highest BCUT2D eigenvalue weighted by atomic mass is 16.5. The molecule has 0 atom stereocenters. The summed E-state index contributed by atoms with van der Waals surface area (Å²) in [4.78, 5) is 31.1. The molecule has 3 aliphatic rings. The maximum atomic E-state index is 11.8. The number of rotatable bonds is 14. The van der Waals surface area contributed by atoms with Gasteiger partial charge < -0.3 is 24.1 Å². The minimum atomic E-state index is -0.850. The van der Waals surface area contributed by atoms with Gasteiger partial charge in [-0.1, -0.05) is 127 Å². The number of nitrogens with zero attached hydrogens (tertiary/aromatic N) is 6. The lowest BCUT2D eigenvalue weighted by molar-refractivity contribution is -0.134. The molecule has 2 aliphatic heterocycles. The number of carbonyl (C=O) groups is 2. The second-order valence-corrected chi connectivity index (χ2v) is 16.4. The fraction of sp³-hybridized carbons (Fsp3) is 0.407. The van der Waals surface area contributed by atoms with Crippen LogP contribution in [-0.2, 0) is 23.8 Å². The van der Waals surface area contributed by atoms with Crippen LogP contribution in [0, 0.1) is 53.7 Å². The van der Waals surface area contributed by atoms with Crippen LogP contribution in [0.25, 0.3) is 26.7 Å². The first-order valence-corrected chi connectivity index (χ1v) is 22.4. The van der Waals surface area contributed by atoms with Crippen molar-refractivity contribution in [2.24, 2.45) is 0 Å². The molecule has 5 rings (SSSR count). The van der Waals surface area contributed by atoms with E-state index >= 15 is 0 Å². The Bertz CT molecular complexity index is 2400. The standard InChI is InChI=1S/C24H23N3O3.C18H13N3O2.C6H12O2.C6H12/c1-5-6-7-8-22(28)29-18-12-9-17(10-13-18)11-14-20-19(15-25)23(21(16-26)27-4)30-24(20,2)3;1-18(2)14(10-7-12-5-8-13(22)9-6-12)16(21-4)17(23-18)15(11-19)20-3;1-2-3-4-5-8-6-7;1-2-4-6-5-3-1/h9-14H,5-8H2,1-3H3;5-10,22H,1-2H3;6H,2-5H2,1H3;1-6H2/b14-11+,23-21-;10-7+,17-15+;;. The van der Waals surface area contributed by atoms with E-state index in [2.05, 4.69) is 39.2 Å². The Hall–Kier alpha value is -7.84. The van der Waals surface area contributed by atoms with Gasteiger partial charge in [0.25, 0.3) is 12.2 Å². The van der Waals surface area contributed by atoms with E-state index in [4.69, 9.17) is 44.5 Å². The maximum absolute atomic E-state index is 11.8. The van der Waals surface area contributed by atoms with E-state index in [9.17, 15) is 20.0 Å². The fourth-order valence-electron chi connectivity index (χ4n) is 6.75. The van der Waals surface area contributed by atoms with Crippen molar-refractivity contribution in [3.8, 4) is 29.7 Å². The van der Waals surface area contributed by atoms with E-state index < -0.39 is 11.2 Å². The average molecular weight is 905 g/mol. The van der Waals surface area contributed by atoms with E-state index in [0.29, 0.717) is 36.4 Å². The van der Waals surface area contributed by atoms with Crippen LogP contribution in [0.1, 0.15) is 136 Å². The van der Waals surface area contributed by atoms with Crippen molar-refractivity contribution in [1.29, 1.82) is 15.8 Å². The van der Waals surface area contributed by atoms with Gasteiger partial charge in [-0.25, -0.2) is 25.1 Å². The quantitative estimate of drug-likeness (QED) is 0.0479. The third-order valence-corrected chi connectivity index (χ3v) is 10.4. The molecule has 2 aromatic rings. The van der Waals surface area contributed by atoms with Crippen molar-refractivity contribution in [3.05, 3.63) is 151 Å². The number of carbonyl (C=O) groups excluding carboxylic acids is 2. The summed E-state index contributed by atoms with van der Waals surface area (Å²) in [6.07, 6.45) is 22.7. The molecule has 0 bridgehead atoms. The molecule has 2 aromatic carbocycles. The molecule has 13 nitrogen and oxygen atoms in total. The second kappa shape index (κ2) is 29.6. The summed E-state index contributed by atoms with van der Waals surface area (Å²) >= 11 is 0. The second-order valence-electron chi connectivity index (χ2n) is 16.4. The van der Waals surface area contributed by atoms with Crippen molar-refractivity contribution in [1.82, 2.24) is 0 Å². The van der Waals surface area contributed by atoms with E-state index in [1.54, 1.807) is 113 Å². The number of phenolic OH excluding ortho intramolecular Hbond substituents is 1. The van der Waals surface area contributed by atoms with E-state index in [-0.39, 0.29) is 45.9 Å². The Morgan fingerprint density at radius 1 is 0.716 bits per heavy atom. The number of nitriles is 3. The van der Waals surface area contributed by atoms with Crippen LogP contribution >= 0.6 is 0 Å². The predicted octanol–water partition coefficient (Wildman–Crippen LogP) is 13.2. The topological polar surface area (TPSA) is 176 Å². The molecule has 0 amide bonds. The lowest BCUT2D eigenvalue weighted by atomic mass is 9.94. The van der Waals surface area contributed by atoms with Crippen molar-refractivity contribution >= 4 is 24.6 Å². The number of hydrogen-bond acceptors (Lipinski definition) is 10. The van der Waals surface area contributed by atoms with Gasteiger partial charge in [0.1, 0.15) is 34.5 Å². The van der Waals surface area contributed by atoms with Crippen LogP contribution in [0.4, 0.5) is 0 Å². The molecule has 1 N–H and O–H groups in total. The minimum Gasteiger partial charge on any atom is -0.508 e. The summed E-state index contributed by atoms with van der Waals surface area (Å²) in [7, 11) is 0. The number of unbranched alkanes of at least 4 members (excludes halogenated alkanes) is 4. The number of esters is 1. The monoisotopic (exact) mass is 904 g/mol. The van der Waals surface area contributed by atoms with E-state index in [1.807, 2.05) is 0 Å². The average Bonchev–Trinajstić information content (AvgIpc) is 3.75.